The zero-order valence-corrected chi connectivity index (χ0v) is 12.8. The number of carbonyl (C=O) groups is 1. The quantitative estimate of drug-likeness (QED) is 0.731. The fraction of sp³-hybridized carbons (Fsp3) is 0.375. The summed E-state index contributed by atoms with van der Waals surface area (Å²) in [7, 11) is 0. The number of carbonyl (C=O) groups excluding carboxylic acids is 1. The van der Waals surface area contributed by atoms with Gasteiger partial charge in [0.1, 0.15) is 5.82 Å². The Morgan fingerprint density at radius 1 is 1.30 bits per heavy atom. The molecule has 0 bridgehead atoms. The van der Waals surface area contributed by atoms with Crippen LogP contribution in [0.3, 0.4) is 0 Å². The maximum absolute atomic E-state index is 12.0. The van der Waals surface area contributed by atoms with Gasteiger partial charge in [0, 0.05) is 23.8 Å². The van der Waals surface area contributed by atoms with E-state index in [4.69, 9.17) is 0 Å². The Balaban J connectivity index is 1.86. The molecule has 1 aromatic carbocycles. The first kappa shape index (κ1) is 14.9. The first-order valence-corrected chi connectivity index (χ1v) is 7.88. The number of aromatic nitrogens is 2. The van der Waals surface area contributed by atoms with Gasteiger partial charge in [-0.3, -0.25) is 4.79 Å². The van der Waals surface area contributed by atoms with Crippen LogP contribution in [-0.2, 0) is 17.8 Å². The summed E-state index contributed by atoms with van der Waals surface area (Å²) in [4.78, 5) is 17.4. The first-order chi connectivity index (χ1) is 9.69. The number of ketones is 1. The summed E-state index contributed by atoms with van der Waals surface area (Å²) in [5.74, 6) is 1.60. The van der Waals surface area contributed by atoms with E-state index in [0.717, 1.165) is 23.7 Å². The third-order valence-corrected chi connectivity index (χ3v) is 4.11. The lowest BCUT2D eigenvalue weighted by atomic mass is 10.2. The Kier molecular flexibility index (Phi) is 5.41. The maximum Gasteiger partial charge on any atom is 0.150 e. The molecule has 3 nitrogen and oxygen atoms in total. The van der Waals surface area contributed by atoms with E-state index >= 15 is 0 Å². The molecule has 2 rings (SSSR count). The number of rotatable bonds is 7. The molecule has 4 heteroatoms. The van der Waals surface area contributed by atoms with Crippen molar-refractivity contribution in [3.05, 3.63) is 48.0 Å². The number of hydrogen-bond donors (Lipinski definition) is 0. The third kappa shape index (κ3) is 4.23. The molecule has 1 heterocycles. The van der Waals surface area contributed by atoms with Gasteiger partial charge < -0.3 is 4.57 Å². The summed E-state index contributed by atoms with van der Waals surface area (Å²) in [5.41, 5.74) is 1.24. The second kappa shape index (κ2) is 7.29. The molecule has 0 radical (unpaired) electrons. The Morgan fingerprint density at radius 2 is 2.05 bits per heavy atom. The average molecular weight is 288 g/mol. The second-order valence-corrected chi connectivity index (χ2v) is 5.90. The van der Waals surface area contributed by atoms with Crippen LogP contribution in [0.5, 0.6) is 0 Å². The average Bonchev–Trinajstić information content (AvgIpc) is 2.86. The summed E-state index contributed by atoms with van der Waals surface area (Å²) in [5, 5.41) is 0. The molecular weight excluding hydrogens is 268 g/mol. The SMILES string of the molecule is CCCn1ccnc1CC(=O)CSc1ccc(C)cc1. The molecule has 1 aromatic heterocycles. The second-order valence-electron chi connectivity index (χ2n) is 4.85. The van der Waals surface area contributed by atoms with E-state index in [1.54, 1.807) is 18.0 Å². The Morgan fingerprint density at radius 3 is 2.75 bits per heavy atom. The molecule has 0 unspecified atom stereocenters. The van der Waals surface area contributed by atoms with Crippen molar-refractivity contribution in [2.75, 3.05) is 5.75 Å². The van der Waals surface area contributed by atoms with Crippen LogP contribution >= 0.6 is 11.8 Å². The molecule has 0 amide bonds. The molecule has 0 spiro atoms. The number of Topliss-reactive ketones (excluding diaryl/α,β-unsaturated/α-hetero) is 1. The molecule has 0 atom stereocenters. The van der Waals surface area contributed by atoms with Crippen LogP contribution in [0.15, 0.2) is 41.6 Å². The summed E-state index contributed by atoms with van der Waals surface area (Å²) in [6.07, 6.45) is 5.19. The fourth-order valence-corrected chi connectivity index (χ4v) is 2.74. The van der Waals surface area contributed by atoms with Crippen molar-refractivity contribution in [3.63, 3.8) is 0 Å². The van der Waals surface area contributed by atoms with Crippen LogP contribution < -0.4 is 0 Å². The molecule has 0 N–H and O–H groups in total. The van der Waals surface area contributed by atoms with Gasteiger partial charge in [-0.1, -0.05) is 24.6 Å². The van der Waals surface area contributed by atoms with Crippen LogP contribution in [0, 0.1) is 6.92 Å². The molecule has 2 aromatic rings. The molecule has 0 aliphatic carbocycles. The van der Waals surface area contributed by atoms with Gasteiger partial charge in [-0.25, -0.2) is 4.98 Å². The molecule has 0 aliphatic rings. The van der Waals surface area contributed by atoms with Gasteiger partial charge in [0.25, 0.3) is 0 Å². The van der Waals surface area contributed by atoms with Crippen molar-refractivity contribution in [2.45, 2.75) is 38.1 Å². The number of imidazole rings is 1. The van der Waals surface area contributed by atoms with Gasteiger partial charge in [0.2, 0.25) is 0 Å². The highest BCUT2D eigenvalue weighted by Crippen LogP contribution is 2.18. The third-order valence-electron chi connectivity index (χ3n) is 3.04. The highest BCUT2D eigenvalue weighted by Gasteiger charge is 2.09. The predicted molar refractivity (Wildman–Crippen MR) is 83.1 cm³/mol. The predicted octanol–water partition coefficient (Wildman–Crippen LogP) is 3.51. The largest absolute Gasteiger partial charge is 0.335 e. The van der Waals surface area contributed by atoms with Crippen molar-refractivity contribution in [2.24, 2.45) is 0 Å². The lowest BCUT2D eigenvalue weighted by Crippen LogP contribution is -2.11. The minimum atomic E-state index is 0.221. The van der Waals surface area contributed by atoms with E-state index in [-0.39, 0.29) is 5.78 Å². The van der Waals surface area contributed by atoms with E-state index in [9.17, 15) is 4.79 Å². The van der Waals surface area contributed by atoms with E-state index in [1.165, 1.54) is 5.56 Å². The minimum absolute atomic E-state index is 0.221. The van der Waals surface area contributed by atoms with Crippen molar-refractivity contribution >= 4 is 17.5 Å². The van der Waals surface area contributed by atoms with Crippen molar-refractivity contribution in [1.82, 2.24) is 9.55 Å². The van der Waals surface area contributed by atoms with Crippen molar-refractivity contribution in [3.8, 4) is 0 Å². The molecule has 0 aliphatic heterocycles. The van der Waals surface area contributed by atoms with Gasteiger partial charge in [-0.05, 0) is 25.5 Å². The van der Waals surface area contributed by atoms with Crippen LogP contribution in [0.4, 0.5) is 0 Å². The summed E-state index contributed by atoms with van der Waals surface area (Å²) in [6, 6.07) is 8.26. The van der Waals surface area contributed by atoms with E-state index in [1.807, 2.05) is 6.20 Å². The van der Waals surface area contributed by atoms with Crippen LogP contribution in [0.1, 0.15) is 24.7 Å². The lowest BCUT2D eigenvalue weighted by molar-refractivity contribution is -0.116. The molecule has 0 fully saturated rings. The molecule has 20 heavy (non-hydrogen) atoms. The first-order valence-electron chi connectivity index (χ1n) is 6.90. The van der Waals surface area contributed by atoms with Gasteiger partial charge in [-0.15, -0.1) is 11.8 Å². The number of thioether (sulfide) groups is 1. The zero-order valence-electron chi connectivity index (χ0n) is 12.0. The number of benzene rings is 1. The summed E-state index contributed by atoms with van der Waals surface area (Å²) >= 11 is 1.59. The van der Waals surface area contributed by atoms with E-state index < -0.39 is 0 Å². The highest BCUT2D eigenvalue weighted by molar-refractivity contribution is 8.00. The number of aryl methyl sites for hydroxylation is 2. The summed E-state index contributed by atoms with van der Waals surface area (Å²) in [6.45, 7) is 5.11. The molecular formula is C16H20N2OS. The van der Waals surface area contributed by atoms with Gasteiger partial charge in [0.05, 0.1) is 12.2 Å². The fourth-order valence-electron chi connectivity index (χ4n) is 1.98. The number of hydrogen-bond acceptors (Lipinski definition) is 3. The minimum Gasteiger partial charge on any atom is -0.335 e. The van der Waals surface area contributed by atoms with Crippen LogP contribution in [0.2, 0.25) is 0 Å². The Labute approximate surface area is 124 Å². The standard InChI is InChI=1S/C16H20N2OS/c1-3-9-18-10-8-17-16(18)11-14(19)12-20-15-6-4-13(2)5-7-15/h4-8,10H,3,9,11-12H2,1-2H3. The number of nitrogens with zero attached hydrogens (tertiary/aromatic N) is 2. The van der Waals surface area contributed by atoms with Crippen molar-refractivity contribution < 1.29 is 4.79 Å². The van der Waals surface area contributed by atoms with Gasteiger partial charge >= 0.3 is 0 Å². The van der Waals surface area contributed by atoms with Crippen LogP contribution in [-0.4, -0.2) is 21.1 Å². The molecule has 0 saturated heterocycles. The zero-order chi connectivity index (χ0) is 14.4. The Bertz CT molecular complexity index is 560. The Hall–Kier alpha value is -1.55. The van der Waals surface area contributed by atoms with Crippen molar-refractivity contribution in [1.29, 1.82) is 0 Å². The maximum atomic E-state index is 12.0. The smallest absolute Gasteiger partial charge is 0.150 e. The van der Waals surface area contributed by atoms with Crippen LogP contribution in [0.25, 0.3) is 0 Å². The van der Waals surface area contributed by atoms with E-state index in [2.05, 4.69) is 47.7 Å². The monoisotopic (exact) mass is 288 g/mol. The van der Waals surface area contributed by atoms with Gasteiger partial charge in [0.15, 0.2) is 5.78 Å². The normalized spacial score (nSPS) is 10.7. The molecule has 106 valence electrons. The molecule has 0 saturated carbocycles. The van der Waals surface area contributed by atoms with E-state index in [0.29, 0.717) is 12.2 Å². The highest BCUT2D eigenvalue weighted by atomic mass is 32.2. The lowest BCUT2D eigenvalue weighted by Gasteiger charge is -2.06. The topological polar surface area (TPSA) is 34.9 Å². The van der Waals surface area contributed by atoms with Gasteiger partial charge in [-0.2, -0.15) is 0 Å². The summed E-state index contributed by atoms with van der Waals surface area (Å²) < 4.78 is 2.06.